The Kier molecular flexibility index (Phi) is 7.53. The van der Waals surface area contributed by atoms with Gasteiger partial charge in [-0.1, -0.05) is 60.1 Å². The smallest absolute Gasteiger partial charge is 0.192 e. The first-order chi connectivity index (χ1) is 15.4. The second-order valence-electron chi connectivity index (χ2n) is 12.5. The van der Waals surface area contributed by atoms with Crippen molar-refractivity contribution in [3.63, 3.8) is 0 Å². The molecule has 0 bridgehead atoms. The van der Waals surface area contributed by atoms with E-state index in [1.54, 1.807) is 6.33 Å². The molecule has 3 rings (SSSR count). The summed E-state index contributed by atoms with van der Waals surface area (Å²) in [6, 6.07) is 0. The maximum absolute atomic E-state index is 7.10. The molecule has 2 aromatic heterocycles. The second-order valence-corrected chi connectivity index (χ2v) is 22.4. The van der Waals surface area contributed by atoms with E-state index in [1.165, 1.54) is 0 Å². The van der Waals surface area contributed by atoms with Gasteiger partial charge < -0.3 is 13.6 Å². The summed E-state index contributed by atoms with van der Waals surface area (Å²) in [5, 5.41) is 0.467. The molecule has 0 aromatic carbocycles. The van der Waals surface area contributed by atoms with Gasteiger partial charge in [0.05, 0.1) is 12.4 Å². The van der Waals surface area contributed by atoms with Gasteiger partial charge in [0.25, 0.3) is 0 Å². The molecule has 3 heterocycles. The van der Waals surface area contributed by atoms with E-state index in [2.05, 4.69) is 89.6 Å². The Balaban J connectivity index is 2.13. The summed E-state index contributed by atoms with van der Waals surface area (Å²) in [6.07, 6.45) is 1.61. The number of nitrogens with zero attached hydrogens (tertiary/aromatic N) is 4. The van der Waals surface area contributed by atoms with Gasteiger partial charge in [-0.25, -0.2) is 15.0 Å². The number of fused-ring (bicyclic) bond motifs is 1. The van der Waals surface area contributed by atoms with Crippen LogP contribution in [0, 0.1) is 6.92 Å². The average molecular weight is 527 g/mol. The third-order valence-corrected chi connectivity index (χ3v) is 17.1. The first-order valence-electron chi connectivity index (χ1n) is 12.3. The molecule has 1 unspecified atom stereocenters. The molecule has 7 nitrogen and oxygen atoms in total. The topological polar surface area (TPSA) is 71.3 Å². The van der Waals surface area contributed by atoms with E-state index in [0.717, 1.165) is 6.42 Å². The second kappa shape index (κ2) is 9.23. The molecule has 10 heteroatoms. The lowest BCUT2D eigenvalue weighted by Gasteiger charge is -2.44. The fourth-order valence-corrected chi connectivity index (χ4v) is 6.59. The normalized spacial score (nSPS) is 24.9. The molecule has 0 radical (unpaired) electrons. The van der Waals surface area contributed by atoms with E-state index >= 15 is 0 Å². The number of aromatic nitrogens is 4. The molecule has 1 aliphatic heterocycles. The van der Waals surface area contributed by atoms with Crippen molar-refractivity contribution in [2.24, 2.45) is 0 Å². The van der Waals surface area contributed by atoms with Crippen LogP contribution >= 0.6 is 11.6 Å². The number of ether oxygens (including phenoxy) is 1. The van der Waals surface area contributed by atoms with Gasteiger partial charge in [-0.15, -0.1) is 0 Å². The third kappa shape index (κ3) is 5.15. The Morgan fingerprint density at radius 3 is 2.00 bits per heavy atom. The van der Waals surface area contributed by atoms with Crippen molar-refractivity contribution in [2.45, 2.75) is 123 Å². The first-order valence-corrected chi connectivity index (χ1v) is 18.5. The minimum absolute atomic E-state index is 0.0441. The molecular formula is C24H43ClN4O3Si2. The minimum Gasteiger partial charge on any atom is -0.408 e. The van der Waals surface area contributed by atoms with Crippen molar-refractivity contribution in [3.8, 4) is 0 Å². The van der Waals surface area contributed by atoms with Crippen molar-refractivity contribution in [1.29, 1.82) is 0 Å². The van der Waals surface area contributed by atoms with Gasteiger partial charge in [0.1, 0.15) is 23.5 Å². The number of halogens is 1. The summed E-state index contributed by atoms with van der Waals surface area (Å²) < 4.78 is 22.8. The molecule has 1 aliphatic rings. The van der Waals surface area contributed by atoms with Crippen LogP contribution in [0.5, 0.6) is 0 Å². The molecule has 0 spiro atoms. The van der Waals surface area contributed by atoms with Gasteiger partial charge in [0.15, 0.2) is 33.7 Å². The van der Waals surface area contributed by atoms with Crippen LogP contribution in [0.4, 0.5) is 0 Å². The molecule has 0 N–H and O–H groups in total. The van der Waals surface area contributed by atoms with Crippen LogP contribution in [0.1, 0.15) is 66.9 Å². The van der Waals surface area contributed by atoms with Crippen LogP contribution in [0.15, 0.2) is 6.33 Å². The van der Waals surface area contributed by atoms with Gasteiger partial charge in [0, 0.05) is 0 Å². The van der Waals surface area contributed by atoms with Crippen LogP contribution in [0.25, 0.3) is 11.2 Å². The molecule has 192 valence electrons. The van der Waals surface area contributed by atoms with Gasteiger partial charge in [-0.05, 0) is 49.6 Å². The van der Waals surface area contributed by atoms with Crippen LogP contribution in [-0.4, -0.2) is 54.5 Å². The Labute approximate surface area is 212 Å². The summed E-state index contributed by atoms with van der Waals surface area (Å²) >= 11 is 6.40. The number of imidazole rings is 1. The Bertz CT molecular complexity index is 1030. The fourth-order valence-electron chi connectivity index (χ4n) is 3.73. The van der Waals surface area contributed by atoms with Crippen molar-refractivity contribution >= 4 is 39.4 Å². The van der Waals surface area contributed by atoms with E-state index in [4.69, 9.17) is 25.2 Å². The van der Waals surface area contributed by atoms with Crippen molar-refractivity contribution in [1.82, 2.24) is 19.5 Å². The van der Waals surface area contributed by atoms with Gasteiger partial charge in [-0.2, -0.15) is 0 Å². The zero-order chi connectivity index (χ0) is 25.9. The van der Waals surface area contributed by atoms with Gasteiger partial charge in [0.2, 0.25) is 0 Å². The monoisotopic (exact) mass is 526 g/mol. The van der Waals surface area contributed by atoms with Crippen LogP contribution in [0.2, 0.25) is 41.4 Å². The van der Waals surface area contributed by atoms with Crippen molar-refractivity contribution < 1.29 is 13.6 Å². The van der Waals surface area contributed by atoms with Crippen LogP contribution in [-0.2, 0) is 13.6 Å². The Morgan fingerprint density at radius 2 is 1.50 bits per heavy atom. The van der Waals surface area contributed by atoms with E-state index in [0.29, 0.717) is 22.1 Å². The Morgan fingerprint density at radius 1 is 0.971 bits per heavy atom. The molecule has 0 aliphatic carbocycles. The number of rotatable bonds is 6. The van der Waals surface area contributed by atoms with E-state index < -0.39 is 22.9 Å². The fraction of sp³-hybridized carbons (Fsp3) is 0.792. The minimum atomic E-state index is -2.16. The molecule has 2 aromatic rings. The van der Waals surface area contributed by atoms with E-state index in [-0.39, 0.29) is 28.4 Å². The van der Waals surface area contributed by atoms with E-state index in [1.807, 2.05) is 11.5 Å². The summed E-state index contributed by atoms with van der Waals surface area (Å²) in [6.45, 7) is 26.7. The predicted molar refractivity (Wildman–Crippen MR) is 143 cm³/mol. The average Bonchev–Trinajstić information content (AvgIpc) is 3.21. The summed E-state index contributed by atoms with van der Waals surface area (Å²) in [5.74, 6) is 0.597. The highest BCUT2D eigenvalue weighted by Crippen LogP contribution is 2.46. The molecule has 4 atom stereocenters. The largest absolute Gasteiger partial charge is 0.408 e. The van der Waals surface area contributed by atoms with Gasteiger partial charge >= 0.3 is 0 Å². The number of hydrogen-bond acceptors (Lipinski definition) is 6. The molecule has 1 saturated heterocycles. The zero-order valence-electron chi connectivity index (χ0n) is 23.0. The lowest BCUT2D eigenvalue weighted by atomic mass is 10.1. The maximum atomic E-state index is 7.10. The summed E-state index contributed by atoms with van der Waals surface area (Å²) in [5.41, 5.74) is 1.23. The number of aryl methyl sites for hydroxylation is 1. The van der Waals surface area contributed by atoms with Crippen molar-refractivity contribution in [3.05, 3.63) is 17.3 Å². The SMILES string of the molecule is CC[C@H]1OC(n2cnc3c(Cl)nc(C)nc32)[C@H](O[Si](C)(C)C(C)(C)C)[C@@H]1O[Si](C)(C)C(C)(C)C. The predicted octanol–water partition coefficient (Wildman–Crippen LogP) is 6.88. The molecule has 34 heavy (non-hydrogen) atoms. The lowest BCUT2D eigenvalue weighted by Crippen LogP contribution is -2.53. The van der Waals surface area contributed by atoms with E-state index in [9.17, 15) is 0 Å². The summed E-state index contributed by atoms with van der Waals surface area (Å²) in [4.78, 5) is 13.5. The van der Waals surface area contributed by atoms with Crippen LogP contribution < -0.4 is 0 Å². The number of hydrogen-bond donors (Lipinski definition) is 0. The Hall–Kier alpha value is -0.846. The molecular weight excluding hydrogens is 484 g/mol. The highest BCUT2D eigenvalue weighted by atomic mass is 35.5. The molecule has 0 saturated carbocycles. The van der Waals surface area contributed by atoms with Gasteiger partial charge in [-0.3, -0.25) is 4.57 Å². The maximum Gasteiger partial charge on any atom is 0.192 e. The molecule has 0 amide bonds. The summed E-state index contributed by atoms with van der Waals surface area (Å²) in [7, 11) is -4.25. The molecule has 1 fully saturated rings. The quantitative estimate of drug-likeness (QED) is 0.302. The zero-order valence-corrected chi connectivity index (χ0v) is 25.7. The third-order valence-electron chi connectivity index (χ3n) is 7.93. The first kappa shape index (κ1) is 27.7. The standard InChI is InChI=1S/C24H43ClN4O3Si2/c1-13-16-18(31-33(9,10)23(3,4)5)19(32-34(11,12)24(6,7)8)22(30-16)29-14-26-17-20(25)27-15(2)28-21(17)29/h14,16,18-19,22H,13H2,1-12H3/t16-,18-,19-,22?/m1/s1. The van der Waals surface area contributed by atoms with Crippen LogP contribution in [0.3, 0.4) is 0 Å². The lowest BCUT2D eigenvalue weighted by molar-refractivity contribution is -0.0324. The highest BCUT2D eigenvalue weighted by molar-refractivity contribution is 6.74. The van der Waals surface area contributed by atoms with Crippen molar-refractivity contribution in [2.75, 3.05) is 0 Å². The highest BCUT2D eigenvalue weighted by Gasteiger charge is 2.54.